The number of aliphatic hydroxyl groups excluding tert-OH is 1. The van der Waals surface area contributed by atoms with Gasteiger partial charge in [0.05, 0.1) is 23.6 Å². The van der Waals surface area contributed by atoms with Crippen LogP contribution in [0.1, 0.15) is 36.1 Å². The molecule has 0 radical (unpaired) electrons. The molecule has 34 heavy (non-hydrogen) atoms. The van der Waals surface area contributed by atoms with Gasteiger partial charge in [0.1, 0.15) is 22.7 Å². The van der Waals surface area contributed by atoms with Crippen LogP contribution in [0.4, 0.5) is 11.6 Å². The van der Waals surface area contributed by atoms with E-state index >= 15 is 0 Å². The number of carbonyl (C=O) groups is 3. The van der Waals surface area contributed by atoms with Gasteiger partial charge in [0.15, 0.2) is 11.5 Å². The van der Waals surface area contributed by atoms with Crippen molar-refractivity contribution in [3.8, 4) is 10.6 Å². The van der Waals surface area contributed by atoms with Crippen molar-refractivity contribution in [3.05, 3.63) is 40.4 Å². The third kappa shape index (κ3) is 4.27. The third-order valence-electron chi connectivity index (χ3n) is 5.41. The van der Waals surface area contributed by atoms with E-state index in [1.165, 1.54) is 34.1 Å². The van der Waals surface area contributed by atoms with Gasteiger partial charge >= 0.3 is 0 Å². The summed E-state index contributed by atoms with van der Waals surface area (Å²) in [6, 6.07) is 0.932. The monoisotopic (exact) mass is 503 g/mol. The highest BCUT2D eigenvalue weighted by Gasteiger charge is 2.40. The Morgan fingerprint density at radius 2 is 2.09 bits per heavy atom. The Kier molecular flexibility index (Phi) is 6.39. The molecule has 0 spiro atoms. The van der Waals surface area contributed by atoms with Crippen LogP contribution in [0.3, 0.4) is 0 Å². The van der Waals surface area contributed by atoms with Gasteiger partial charge in [-0.2, -0.15) is 0 Å². The summed E-state index contributed by atoms with van der Waals surface area (Å²) in [6.07, 6.45) is 1.68. The van der Waals surface area contributed by atoms with Crippen LogP contribution in [-0.2, 0) is 9.59 Å². The zero-order valence-electron chi connectivity index (χ0n) is 18.8. The summed E-state index contributed by atoms with van der Waals surface area (Å²) in [7, 11) is 1.55. The molecule has 1 aliphatic rings. The van der Waals surface area contributed by atoms with Crippen LogP contribution in [0.25, 0.3) is 10.6 Å². The molecule has 178 valence electrons. The molecule has 13 heteroatoms. The predicted molar refractivity (Wildman–Crippen MR) is 127 cm³/mol. The molecule has 4 rings (SSSR count). The van der Waals surface area contributed by atoms with E-state index in [1.807, 2.05) is 0 Å². The van der Waals surface area contributed by atoms with Crippen molar-refractivity contribution in [2.24, 2.45) is 0 Å². The van der Waals surface area contributed by atoms with Crippen molar-refractivity contribution in [1.82, 2.24) is 24.4 Å². The fraction of sp³-hybridized carbons (Fsp3) is 0.333. The van der Waals surface area contributed by atoms with Gasteiger partial charge in [0.25, 0.3) is 5.91 Å². The summed E-state index contributed by atoms with van der Waals surface area (Å²) in [6.45, 7) is 4.47. The van der Waals surface area contributed by atoms with Gasteiger partial charge in [0.2, 0.25) is 12.3 Å². The zero-order chi connectivity index (χ0) is 24.7. The van der Waals surface area contributed by atoms with Crippen molar-refractivity contribution in [2.45, 2.75) is 33.2 Å². The molecular weight excluding hydrogens is 482 g/mol. The second kappa shape index (κ2) is 9.12. The van der Waals surface area contributed by atoms with Gasteiger partial charge < -0.3 is 19.9 Å². The highest BCUT2D eigenvalue weighted by molar-refractivity contribution is 7.13. The number of hydrogen-bond donors (Lipinski definition) is 2. The number of fused-ring (bicyclic) bond motifs is 1. The first-order chi connectivity index (χ1) is 16.1. The number of amides is 2. The molecule has 0 fully saturated rings. The smallest absolute Gasteiger partial charge is 0.278 e. The average molecular weight is 504 g/mol. The number of aliphatic hydroxyl groups is 1. The number of imidazole rings is 1. The highest BCUT2D eigenvalue weighted by Crippen LogP contribution is 2.31. The average Bonchev–Trinajstić information content (AvgIpc) is 3.44. The van der Waals surface area contributed by atoms with Crippen molar-refractivity contribution in [1.29, 1.82) is 0 Å². The first-order valence-corrected chi connectivity index (χ1v) is 11.5. The first kappa shape index (κ1) is 23.8. The predicted octanol–water partition coefficient (Wildman–Crippen LogP) is 2.32. The Balaban J connectivity index is 1.55. The van der Waals surface area contributed by atoms with Gasteiger partial charge in [0, 0.05) is 24.2 Å². The Morgan fingerprint density at radius 1 is 1.35 bits per heavy atom. The van der Waals surface area contributed by atoms with Crippen molar-refractivity contribution >= 4 is 52.2 Å². The lowest BCUT2D eigenvalue weighted by Gasteiger charge is -2.38. The van der Waals surface area contributed by atoms with E-state index in [-0.39, 0.29) is 23.8 Å². The summed E-state index contributed by atoms with van der Waals surface area (Å²) in [5, 5.41) is 16.0. The van der Waals surface area contributed by atoms with E-state index < -0.39 is 24.2 Å². The number of ketones is 1. The van der Waals surface area contributed by atoms with Crippen LogP contribution in [-0.4, -0.2) is 67.1 Å². The number of rotatable bonds is 6. The second-order valence-electron chi connectivity index (χ2n) is 7.91. The minimum Gasteiger partial charge on any atom is -0.356 e. The lowest BCUT2D eigenvalue weighted by atomic mass is 10.2. The molecule has 0 bridgehead atoms. The van der Waals surface area contributed by atoms with Crippen LogP contribution < -0.4 is 10.2 Å². The van der Waals surface area contributed by atoms with E-state index in [9.17, 15) is 19.5 Å². The number of aryl methyl sites for hydroxylation is 1. The Labute approximate surface area is 204 Å². The number of anilines is 2. The molecule has 0 aromatic carbocycles. The minimum atomic E-state index is -1.34. The van der Waals surface area contributed by atoms with Gasteiger partial charge in [-0.05, 0) is 26.8 Å². The molecule has 11 nitrogen and oxygen atoms in total. The van der Waals surface area contributed by atoms with Crippen molar-refractivity contribution in [2.75, 3.05) is 23.8 Å². The molecule has 2 atom stereocenters. The molecule has 3 aromatic rings. The van der Waals surface area contributed by atoms with Crippen molar-refractivity contribution in [3.63, 3.8) is 0 Å². The second-order valence-corrected chi connectivity index (χ2v) is 9.18. The number of hydrogen-bond acceptors (Lipinski definition) is 9. The van der Waals surface area contributed by atoms with E-state index in [4.69, 9.17) is 11.6 Å². The number of nitrogens with zero attached hydrogens (tertiary/aromatic N) is 6. The number of thiazole rings is 1. The van der Waals surface area contributed by atoms with Gasteiger partial charge in [-0.1, -0.05) is 11.6 Å². The van der Waals surface area contributed by atoms with E-state index in [0.717, 1.165) is 10.5 Å². The normalized spacial score (nSPS) is 16.4. The maximum Gasteiger partial charge on any atom is 0.278 e. The number of carbonyl (C=O) groups excluding carboxylic acids is 3. The molecule has 0 saturated carbocycles. The Morgan fingerprint density at radius 3 is 2.76 bits per heavy atom. The van der Waals surface area contributed by atoms with E-state index in [1.54, 1.807) is 38.5 Å². The summed E-state index contributed by atoms with van der Waals surface area (Å²) in [5.41, 5.74) is 1.55. The maximum absolute atomic E-state index is 13.1. The summed E-state index contributed by atoms with van der Waals surface area (Å²) >= 11 is 7.48. The number of halogens is 1. The molecular formula is C21H22ClN7O4S. The molecule has 0 saturated heterocycles. The number of Topliss-reactive ketones (excluding diaryl/α,β-unsaturated/α-hetero) is 1. The van der Waals surface area contributed by atoms with Crippen LogP contribution in [0, 0.1) is 6.92 Å². The van der Waals surface area contributed by atoms with Crippen LogP contribution in [0.2, 0.25) is 5.02 Å². The fourth-order valence-corrected chi connectivity index (χ4v) is 4.41. The van der Waals surface area contributed by atoms with E-state index in [2.05, 4.69) is 20.3 Å². The quantitative estimate of drug-likeness (QED) is 0.523. The highest BCUT2D eigenvalue weighted by atomic mass is 35.5. The number of pyridine rings is 1. The van der Waals surface area contributed by atoms with Gasteiger partial charge in [-0.3, -0.25) is 24.3 Å². The van der Waals surface area contributed by atoms with Gasteiger partial charge in [-0.15, -0.1) is 11.3 Å². The van der Waals surface area contributed by atoms with Crippen LogP contribution in [0.5, 0.6) is 0 Å². The van der Waals surface area contributed by atoms with Crippen molar-refractivity contribution < 1.29 is 19.5 Å². The van der Waals surface area contributed by atoms with E-state index in [0.29, 0.717) is 21.5 Å². The van der Waals surface area contributed by atoms with Crippen LogP contribution in [0.15, 0.2) is 24.0 Å². The molecule has 0 aliphatic carbocycles. The summed E-state index contributed by atoms with van der Waals surface area (Å²) in [4.78, 5) is 52.9. The third-order valence-corrected chi connectivity index (χ3v) is 6.69. The largest absolute Gasteiger partial charge is 0.356 e. The minimum absolute atomic E-state index is 0.107. The molecule has 2 N–H and O–H groups in total. The summed E-state index contributed by atoms with van der Waals surface area (Å²) < 4.78 is 1.42. The molecule has 3 aromatic heterocycles. The molecule has 1 aliphatic heterocycles. The fourth-order valence-electron chi connectivity index (χ4n) is 3.51. The van der Waals surface area contributed by atoms with Gasteiger partial charge in [-0.25, -0.2) is 9.97 Å². The first-order valence-electron chi connectivity index (χ1n) is 10.3. The number of aromatic nitrogens is 4. The molecule has 1 unspecified atom stereocenters. The zero-order valence-corrected chi connectivity index (χ0v) is 20.4. The SMILES string of the molecule is CC(=O)CN1C(=O)c2c(ncn2[C@@H](C)C(=O)Nc2csc(-c3cnc(C)c(Cl)c3)n2)N(C)C1O. The topological polar surface area (TPSA) is 134 Å². The molecule has 4 heterocycles. The Hall–Kier alpha value is -3.35. The standard InChI is InChI=1S/C21H22ClN7O4S/c1-10(30)7-28-20(32)16-17(27(4)21(28)33)24-9-29(16)12(3)18(31)25-15-8-34-19(26-15)13-5-14(22)11(2)23-6-13/h5-6,8-9,12,21,33H,7H2,1-4H3,(H,25,31)/t12-,21?/m0/s1. The molecule has 2 amide bonds. The number of nitrogens with one attached hydrogen (secondary N) is 1. The van der Waals surface area contributed by atoms with Crippen LogP contribution >= 0.6 is 22.9 Å². The maximum atomic E-state index is 13.1. The lowest BCUT2D eigenvalue weighted by Crippen LogP contribution is -2.55. The Bertz CT molecular complexity index is 1290. The summed E-state index contributed by atoms with van der Waals surface area (Å²) in [5.74, 6) is -0.730. The lowest BCUT2D eigenvalue weighted by molar-refractivity contribution is -0.120.